The van der Waals surface area contributed by atoms with Crippen LogP contribution in [0.3, 0.4) is 0 Å². The highest BCUT2D eigenvalue weighted by atomic mass is 16.7. The van der Waals surface area contributed by atoms with Crippen LogP contribution in [0.1, 0.15) is 27.3 Å². The molecule has 0 amide bonds. The Hall–Kier alpha value is -4.52. The summed E-state index contributed by atoms with van der Waals surface area (Å²) in [6.07, 6.45) is 5.56. The second-order valence-electron chi connectivity index (χ2n) is 8.66. The lowest BCUT2D eigenvalue weighted by Crippen LogP contribution is -2.09. The Bertz CT molecular complexity index is 1580. The van der Waals surface area contributed by atoms with Crippen molar-refractivity contribution in [3.8, 4) is 22.6 Å². The maximum Gasteiger partial charge on any atom is 0.338 e. The minimum absolute atomic E-state index is 0.243. The van der Waals surface area contributed by atoms with Crippen molar-refractivity contribution in [2.45, 2.75) is 20.0 Å². The second kappa shape index (κ2) is 8.36. The van der Waals surface area contributed by atoms with Crippen molar-refractivity contribution in [3.05, 3.63) is 102 Å². The van der Waals surface area contributed by atoms with E-state index in [0.717, 1.165) is 39.1 Å². The van der Waals surface area contributed by atoms with Gasteiger partial charge in [-0.25, -0.2) is 9.78 Å². The van der Waals surface area contributed by atoms with Crippen LogP contribution in [-0.4, -0.2) is 32.0 Å². The zero-order valence-electron chi connectivity index (χ0n) is 19.1. The van der Waals surface area contributed by atoms with E-state index < -0.39 is 5.97 Å². The molecule has 7 heteroatoms. The first-order chi connectivity index (χ1) is 17.1. The Kier molecular flexibility index (Phi) is 5.03. The zero-order valence-corrected chi connectivity index (χ0v) is 19.1. The minimum Gasteiger partial charge on any atom is -0.478 e. The standard InChI is InChI=1S/C28H23N3O4/c1-18-27(28(32)33)24(23-8-4-6-20-5-2-3-7-22(20)23)15-30(18)14-21-12-29-16-31(21)13-19-9-10-25-26(11-19)35-17-34-25/h2-12,15-16H,13-14,17H2,1H3,(H,32,33). The van der Waals surface area contributed by atoms with Crippen LogP contribution in [0.2, 0.25) is 0 Å². The SMILES string of the molecule is Cc1c(C(=O)O)c(-c2cccc3ccccc23)cn1Cc1cncn1Cc1ccc2c(c1)OCO2. The number of benzene rings is 3. The molecule has 0 saturated carbocycles. The molecule has 1 N–H and O–H groups in total. The number of carboxylic acid groups (broad SMARTS) is 1. The molecule has 2 aromatic heterocycles. The summed E-state index contributed by atoms with van der Waals surface area (Å²) in [5, 5.41) is 12.2. The molecule has 7 nitrogen and oxygen atoms in total. The van der Waals surface area contributed by atoms with Gasteiger partial charge in [0.1, 0.15) is 0 Å². The number of fused-ring (bicyclic) bond motifs is 2. The predicted molar refractivity (Wildman–Crippen MR) is 132 cm³/mol. The highest BCUT2D eigenvalue weighted by Crippen LogP contribution is 2.35. The third-order valence-electron chi connectivity index (χ3n) is 6.56. The Morgan fingerprint density at radius 3 is 2.69 bits per heavy atom. The van der Waals surface area contributed by atoms with Crippen LogP contribution in [0.15, 0.2) is 79.4 Å². The summed E-state index contributed by atoms with van der Waals surface area (Å²) >= 11 is 0. The normalized spacial score (nSPS) is 12.4. The van der Waals surface area contributed by atoms with Gasteiger partial charge >= 0.3 is 5.97 Å². The average molecular weight is 466 g/mol. The quantitative estimate of drug-likeness (QED) is 0.366. The van der Waals surface area contributed by atoms with E-state index in [4.69, 9.17) is 9.47 Å². The number of carbonyl (C=O) groups is 1. The summed E-state index contributed by atoms with van der Waals surface area (Å²) in [6, 6.07) is 19.9. The molecule has 0 aliphatic carbocycles. The molecule has 3 aromatic carbocycles. The van der Waals surface area contributed by atoms with Crippen LogP contribution >= 0.6 is 0 Å². The zero-order chi connectivity index (χ0) is 23.9. The Balaban J connectivity index is 1.36. The van der Waals surface area contributed by atoms with Crippen LogP contribution in [-0.2, 0) is 13.1 Å². The highest BCUT2D eigenvalue weighted by molar-refractivity contribution is 6.04. The lowest BCUT2D eigenvalue weighted by molar-refractivity contribution is 0.0696. The number of nitrogens with zero attached hydrogens (tertiary/aromatic N) is 3. The molecular weight excluding hydrogens is 442 g/mol. The number of imidazole rings is 1. The Morgan fingerprint density at radius 2 is 1.80 bits per heavy atom. The number of ether oxygens (including phenoxy) is 2. The molecule has 0 saturated heterocycles. The lowest BCUT2D eigenvalue weighted by atomic mass is 9.97. The topological polar surface area (TPSA) is 78.5 Å². The Morgan fingerprint density at radius 1 is 0.971 bits per heavy atom. The molecular formula is C28H23N3O4. The van der Waals surface area contributed by atoms with Gasteiger partial charge in [-0.3, -0.25) is 0 Å². The van der Waals surface area contributed by atoms with Crippen molar-refractivity contribution >= 4 is 16.7 Å². The van der Waals surface area contributed by atoms with E-state index in [1.165, 1.54) is 0 Å². The van der Waals surface area contributed by atoms with E-state index in [0.29, 0.717) is 29.9 Å². The molecule has 1 aliphatic heterocycles. The van der Waals surface area contributed by atoms with Crippen molar-refractivity contribution in [2.75, 3.05) is 6.79 Å². The monoisotopic (exact) mass is 465 g/mol. The largest absolute Gasteiger partial charge is 0.478 e. The summed E-state index contributed by atoms with van der Waals surface area (Å²) in [7, 11) is 0. The van der Waals surface area contributed by atoms with Gasteiger partial charge in [0.05, 0.1) is 24.1 Å². The van der Waals surface area contributed by atoms with Crippen LogP contribution in [0.25, 0.3) is 21.9 Å². The van der Waals surface area contributed by atoms with E-state index in [2.05, 4.69) is 9.55 Å². The highest BCUT2D eigenvalue weighted by Gasteiger charge is 2.22. The summed E-state index contributed by atoms with van der Waals surface area (Å²) in [6.45, 7) is 3.22. The van der Waals surface area contributed by atoms with Crippen molar-refractivity contribution in [1.29, 1.82) is 0 Å². The van der Waals surface area contributed by atoms with Crippen LogP contribution in [0, 0.1) is 6.92 Å². The Labute approximate surface area is 201 Å². The molecule has 0 spiro atoms. The number of carboxylic acids is 1. The van der Waals surface area contributed by atoms with E-state index in [9.17, 15) is 9.90 Å². The first-order valence-corrected chi connectivity index (χ1v) is 11.4. The maximum absolute atomic E-state index is 12.3. The lowest BCUT2D eigenvalue weighted by Gasteiger charge is -2.11. The fourth-order valence-corrected chi connectivity index (χ4v) is 4.79. The first kappa shape index (κ1) is 21.0. The number of aromatic carboxylic acids is 1. The average Bonchev–Trinajstić information content (AvgIpc) is 3.58. The predicted octanol–water partition coefficient (Wildman–Crippen LogP) is 5.34. The number of aromatic nitrogens is 3. The summed E-state index contributed by atoms with van der Waals surface area (Å²) in [5.41, 5.74) is 4.70. The molecule has 174 valence electrons. The van der Waals surface area contributed by atoms with E-state index in [1.807, 2.05) is 84.5 Å². The maximum atomic E-state index is 12.3. The van der Waals surface area contributed by atoms with Gasteiger partial charge in [-0.1, -0.05) is 48.5 Å². The van der Waals surface area contributed by atoms with E-state index in [1.54, 1.807) is 6.33 Å². The molecule has 0 atom stereocenters. The summed E-state index contributed by atoms with van der Waals surface area (Å²) in [5.74, 6) is 0.569. The molecule has 3 heterocycles. The van der Waals surface area contributed by atoms with Gasteiger partial charge in [0, 0.05) is 30.2 Å². The van der Waals surface area contributed by atoms with Crippen molar-refractivity contribution in [1.82, 2.24) is 14.1 Å². The summed E-state index contributed by atoms with van der Waals surface area (Å²) < 4.78 is 15.0. The van der Waals surface area contributed by atoms with Crippen molar-refractivity contribution < 1.29 is 19.4 Å². The van der Waals surface area contributed by atoms with Crippen molar-refractivity contribution in [2.24, 2.45) is 0 Å². The smallest absolute Gasteiger partial charge is 0.338 e. The molecule has 1 aliphatic rings. The third kappa shape index (κ3) is 3.71. The fourth-order valence-electron chi connectivity index (χ4n) is 4.79. The van der Waals surface area contributed by atoms with Crippen LogP contribution < -0.4 is 9.47 Å². The van der Waals surface area contributed by atoms with Gasteiger partial charge in [0.2, 0.25) is 6.79 Å². The van der Waals surface area contributed by atoms with E-state index in [-0.39, 0.29) is 6.79 Å². The van der Waals surface area contributed by atoms with E-state index >= 15 is 0 Å². The van der Waals surface area contributed by atoms with Gasteiger partial charge in [-0.15, -0.1) is 0 Å². The molecule has 0 fully saturated rings. The molecule has 0 radical (unpaired) electrons. The van der Waals surface area contributed by atoms with Crippen molar-refractivity contribution in [3.63, 3.8) is 0 Å². The molecule has 0 bridgehead atoms. The van der Waals surface area contributed by atoms with Gasteiger partial charge in [-0.05, 0) is 41.0 Å². The van der Waals surface area contributed by atoms with Crippen LogP contribution in [0.4, 0.5) is 0 Å². The van der Waals surface area contributed by atoms with Gasteiger partial charge in [-0.2, -0.15) is 0 Å². The molecule has 0 unspecified atom stereocenters. The fraction of sp³-hybridized carbons (Fsp3) is 0.143. The third-order valence-corrected chi connectivity index (χ3v) is 6.56. The number of rotatable bonds is 6. The second-order valence-corrected chi connectivity index (χ2v) is 8.66. The first-order valence-electron chi connectivity index (χ1n) is 11.4. The molecule has 35 heavy (non-hydrogen) atoms. The van der Waals surface area contributed by atoms with Gasteiger partial charge < -0.3 is 23.7 Å². The number of hydrogen-bond donors (Lipinski definition) is 1. The van der Waals surface area contributed by atoms with Crippen LogP contribution in [0.5, 0.6) is 11.5 Å². The van der Waals surface area contributed by atoms with Gasteiger partial charge in [0.25, 0.3) is 0 Å². The van der Waals surface area contributed by atoms with Gasteiger partial charge in [0.15, 0.2) is 11.5 Å². The molecule has 5 aromatic rings. The molecule has 6 rings (SSSR count). The number of hydrogen-bond acceptors (Lipinski definition) is 4. The summed E-state index contributed by atoms with van der Waals surface area (Å²) in [4.78, 5) is 16.7. The minimum atomic E-state index is -0.932.